The van der Waals surface area contributed by atoms with Gasteiger partial charge in [-0.2, -0.15) is 13.2 Å². The van der Waals surface area contributed by atoms with E-state index >= 15 is 0 Å². The van der Waals surface area contributed by atoms with Crippen molar-refractivity contribution in [3.63, 3.8) is 0 Å². The second-order valence-corrected chi connectivity index (χ2v) is 8.15. The molecule has 1 aromatic carbocycles. The highest BCUT2D eigenvalue weighted by Gasteiger charge is 2.46. The van der Waals surface area contributed by atoms with E-state index in [-0.39, 0.29) is 23.7 Å². The van der Waals surface area contributed by atoms with Crippen LogP contribution in [0.1, 0.15) is 23.2 Å². The molecule has 2 fully saturated rings. The summed E-state index contributed by atoms with van der Waals surface area (Å²) >= 11 is 0. The molecule has 3 rings (SSSR count). The number of hydrogen-bond acceptors (Lipinski definition) is 5. The number of rotatable bonds is 3. The number of carbonyl (C=O) groups excluding carboxylic acids is 1. The summed E-state index contributed by atoms with van der Waals surface area (Å²) < 4.78 is 71.3. The van der Waals surface area contributed by atoms with Crippen molar-refractivity contribution in [1.82, 2.24) is 4.90 Å². The van der Waals surface area contributed by atoms with Crippen LogP contribution in [0.15, 0.2) is 29.2 Å². The molecule has 10 heteroatoms. The maximum Gasteiger partial charge on any atom is 0.501 e. The van der Waals surface area contributed by atoms with E-state index in [1.807, 2.05) is 0 Å². The van der Waals surface area contributed by atoms with E-state index in [1.54, 1.807) is 4.90 Å². The molecule has 0 saturated carbocycles. The molecule has 0 radical (unpaired) electrons. The summed E-state index contributed by atoms with van der Waals surface area (Å²) in [6, 6.07) is 3.83. The maximum atomic E-state index is 12.6. The fourth-order valence-electron chi connectivity index (χ4n) is 3.12. The Labute approximate surface area is 148 Å². The van der Waals surface area contributed by atoms with Crippen LogP contribution in [0.25, 0.3) is 0 Å². The highest BCUT2D eigenvalue weighted by molar-refractivity contribution is 7.92. The topological polar surface area (TPSA) is 72.9 Å². The van der Waals surface area contributed by atoms with E-state index in [0.29, 0.717) is 39.1 Å². The number of hydrogen-bond donors (Lipinski definition) is 0. The van der Waals surface area contributed by atoms with Crippen LogP contribution in [-0.4, -0.2) is 57.3 Å². The van der Waals surface area contributed by atoms with Gasteiger partial charge in [0.25, 0.3) is 15.7 Å². The largest absolute Gasteiger partial charge is 0.501 e. The molecule has 26 heavy (non-hydrogen) atoms. The molecule has 0 unspecified atom stereocenters. The third-order valence-corrected chi connectivity index (χ3v) is 6.08. The third kappa shape index (κ3) is 3.72. The lowest BCUT2D eigenvalue weighted by Crippen LogP contribution is -2.41. The zero-order valence-corrected chi connectivity index (χ0v) is 14.6. The molecule has 0 aliphatic carbocycles. The van der Waals surface area contributed by atoms with Gasteiger partial charge in [0, 0.05) is 24.6 Å². The Morgan fingerprint density at radius 2 is 1.58 bits per heavy atom. The lowest BCUT2D eigenvalue weighted by Gasteiger charge is -2.33. The Hall–Kier alpha value is -1.65. The normalized spacial score (nSPS) is 20.5. The van der Waals surface area contributed by atoms with Crippen molar-refractivity contribution in [3.05, 3.63) is 29.8 Å². The predicted octanol–water partition coefficient (Wildman–Crippen LogP) is 2.21. The van der Waals surface area contributed by atoms with E-state index in [0.717, 1.165) is 24.3 Å². The van der Waals surface area contributed by atoms with Gasteiger partial charge in [-0.05, 0) is 37.1 Å². The van der Waals surface area contributed by atoms with E-state index in [2.05, 4.69) is 0 Å². The second-order valence-electron chi connectivity index (χ2n) is 6.21. The number of benzene rings is 1. The fraction of sp³-hybridized carbons (Fsp3) is 0.562. The number of sulfone groups is 1. The molecule has 2 heterocycles. The number of likely N-dealkylation sites (tertiary alicyclic amines) is 1. The molecule has 0 atom stereocenters. The molecular formula is C16H18F3NO5S. The summed E-state index contributed by atoms with van der Waals surface area (Å²) in [7, 11) is -5.41. The van der Waals surface area contributed by atoms with Gasteiger partial charge in [0.1, 0.15) is 0 Å². The monoisotopic (exact) mass is 393 g/mol. The number of carbonyl (C=O) groups is 1. The average molecular weight is 393 g/mol. The van der Waals surface area contributed by atoms with Gasteiger partial charge < -0.3 is 14.4 Å². The summed E-state index contributed by atoms with van der Waals surface area (Å²) in [5.74, 6) is -0.131. The fourth-order valence-corrected chi connectivity index (χ4v) is 3.88. The van der Waals surface area contributed by atoms with Crippen LogP contribution in [0.3, 0.4) is 0 Å². The number of nitrogens with zero attached hydrogens (tertiary/aromatic N) is 1. The van der Waals surface area contributed by atoms with Crippen molar-refractivity contribution in [2.24, 2.45) is 5.92 Å². The number of piperidine rings is 1. The van der Waals surface area contributed by atoms with Crippen molar-refractivity contribution >= 4 is 15.7 Å². The zero-order valence-electron chi connectivity index (χ0n) is 13.7. The van der Waals surface area contributed by atoms with Gasteiger partial charge in [-0.1, -0.05) is 0 Å². The van der Waals surface area contributed by atoms with Gasteiger partial charge in [0.05, 0.1) is 18.1 Å². The molecule has 6 nitrogen and oxygen atoms in total. The summed E-state index contributed by atoms with van der Waals surface area (Å²) in [4.78, 5) is 13.2. The molecule has 1 amide bonds. The van der Waals surface area contributed by atoms with Crippen molar-refractivity contribution in [3.8, 4) is 0 Å². The SMILES string of the molecule is O=C(c1ccc(S(=O)(=O)C(F)(F)F)cc1)N1CCC(C2OCCO2)CC1. The lowest BCUT2D eigenvalue weighted by atomic mass is 9.95. The molecule has 2 saturated heterocycles. The standard InChI is InChI=1S/C16H18F3NO5S/c17-16(18,19)26(22,23)13-3-1-11(2-4-13)14(21)20-7-5-12(6-8-20)15-24-9-10-25-15/h1-4,12,15H,5-10H2. The lowest BCUT2D eigenvalue weighted by molar-refractivity contribution is -0.0956. The minimum Gasteiger partial charge on any atom is -0.350 e. The predicted molar refractivity (Wildman–Crippen MR) is 84.0 cm³/mol. The first kappa shape index (κ1) is 19.1. The first-order chi connectivity index (χ1) is 12.2. The van der Waals surface area contributed by atoms with Crippen LogP contribution in [-0.2, 0) is 19.3 Å². The van der Waals surface area contributed by atoms with Crippen molar-refractivity contribution in [2.45, 2.75) is 29.5 Å². The Morgan fingerprint density at radius 3 is 2.08 bits per heavy atom. The summed E-state index contributed by atoms with van der Waals surface area (Å²) in [6.45, 7) is 2.10. The quantitative estimate of drug-likeness (QED) is 0.787. The first-order valence-electron chi connectivity index (χ1n) is 8.14. The van der Waals surface area contributed by atoms with Crippen LogP contribution in [0.5, 0.6) is 0 Å². The third-order valence-electron chi connectivity index (χ3n) is 4.58. The summed E-state index contributed by atoms with van der Waals surface area (Å²) in [6.07, 6.45) is 1.17. The minimum absolute atomic E-state index is 0.151. The molecule has 0 N–H and O–H groups in total. The number of amides is 1. The number of ether oxygens (including phenoxy) is 2. The Morgan fingerprint density at radius 1 is 1.04 bits per heavy atom. The van der Waals surface area contributed by atoms with Crippen LogP contribution in [0.4, 0.5) is 13.2 Å². The minimum atomic E-state index is -5.41. The first-order valence-corrected chi connectivity index (χ1v) is 9.62. The van der Waals surface area contributed by atoms with Gasteiger partial charge in [-0.15, -0.1) is 0 Å². The van der Waals surface area contributed by atoms with Gasteiger partial charge >= 0.3 is 5.51 Å². The zero-order chi connectivity index (χ0) is 18.9. The van der Waals surface area contributed by atoms with Gasteiger partial charge in [-0.3, -0.25) is 4.79 Å². The molecule has 0 spiro atoms. The Bertz CT molecular complexity index is 749. The van der Waals surface area contributed by atoms with Gasteiger partial charge in [0.15, 0.2) is 6.29 Å². The highest BCUT2D eigenvalue weighted by atomic mass is 32.2. The Kier molecular flexibility index (Phi) is 5.27. The molecule has 2 aliphatic rings. The summed E-state index contributed by atoms with van der Waals surface area (Å²) in [5.41, 5.74) is -5.22. The van der Waals surface area contributed by atoms with Crippen molar-refractivity contribution in [1.29, 1.82) is 0 Å². The van der Waals surface area contributed by atoms with E-state index in [9.17, 15) is 26.4 Å². The van der Waals surface area contributed by atoms with Crippen molar-refractivity contribution in [2.75, 3.05) is 26.3 Å². The van der Waals surface area contributed by atoms with Gasteiger partial charge in [0.2, 0.25) is 0 Å². The smallest absolute Gasteiger partial charge is 0.350 e. The Balaban J connectivity index is 1.64. The van der Waals surface area contributed by atoms with Crippen LogP contribution in [0.2, 0.25) is 0 Å². The molecule has 0 aromatic heterocycles. The van der Waals surface area contributed by atoms with E-state index in [4.69, 9.17) is 9.47 Å². The summed E-state index contributed by atoms with van der Waals surface area (Å²) in [5, 5.41) is 0. The van der Waals surface area contributed by atoms with Crippen LogP contribution in [0, 0.1) is 5.92 Å². The maximum absolute atomic E-state index is 12.6. The number of alkyl halides is 3. The van der Waals surface area contributed by atoms with Crippen molar-refractivity contribution < 1.29 is 35.9 Å². The molecular weight excluding hydrogens is 375 g/mol. The molecule has 1 aromatic rings. The average Bonchev–Trinajstić information content (AvgIpc) is 3.15. The van der Waals surface area contributed by atoms with E-state index < -0.39 is 20.2 Å². The molecule has 0 bridgehead atoms. The molecule has 144 valence electrons. The highest BCUT2D eigenvalue weighted by Crippen LogP contribution is 2.31. The van der Waals surface area contributed by atoms with Crippen LogP contribution >= 0.6 is 0 Å². The van der Waals surface area contributed by atoms with Gasteiger partial charge in [-0.25, -0.2) is 8.42 Å². The van der Waals surface area contributed by atoms with E-state index in [1.165, 1.54) is 0 Å². The van der Waals surface area contributed by atoms with Crippen LogP contribution < -0.4 is 0 Å². The number of halogens is 3. The second kappa shape index (κ2) is 7.16. The molecule has 2 aliphatic heterocycles.